The van der Waals surface area contributed by atoms with Crippen molar-refractivity contribution in [2.24, 2.45) is 15.9 Å². The SMILES string of the molecule is COc1ccc2nc3cc([N+](=O)[O-])ccc3c(Cc3ccc(S(=O)(=O)N=C(N)N)cc3)c2c1. The number of rotatable bonds is 6. The minimum absolute atomic E-state index is 0.0404. The van der Waals surface area contributed by atoms with Gasteiger partial charge in [-0.1, -0.05) is 12.1 Å². The zero-order chi connectivity index (χ0) is 23.8. The average molecular weight is 465 g/mol. The van der Waals surface area contributed by atoms with Crippen LogP contribution in [0.4, 0.5) is 5.69 Å². The van der Waals surface area contributed by atoms with E-state index in [0.717, 1.165) is 21.9 Å². The molecule has 1 aromatic heterocycles. The average Bonchev–Trinajstić information content (AvgIpc) is 2.77. The Morgan fingerprint density at radius 3 is 2.39 bits per heavy atom. The molecule has 0 unspecified atom stereocenters. The second kappa shape index (κ2) is 8.36. The summed E-state index contributed by atoms with van der Waals surface area (Å²) < 4.78 is 33.0. The lowest BCUT2D eigenvalue weighted by molar-refractivity contribution is -0.384. The molecule has 0 aliphatic carbocycles. The molecule has 1 heterocycles. The lowest BCUT2D eigenvalue weighted by Crippen LogP contribution is -2.24. The van der Waals surface area contributed by atoms with E-state index in [1.54, 1.807) is 37.4 Å². The topological polar surface area (TPSA) is 164 Å². The van der Waals surface area contributed by atoms with E-state index in [9.17, 15) is 18.5 Å². The molecule has 0 amide bonds. The van der Waals surface area contributed by atoms with Crippen molar-refractivity contribution in [3.05, 3.63) is 81.9 Å². The number of nitro benzene ring substituents is 1. The molecule has 3 aromatic carbocycles. The van der Waals surface area contributed by atoms with E-state index in [1.165, 1.54) is 24.3 Å². The number of methoxy groups -OCH3 is 1. The first-order valence-corrected chi connectivity index (χ1v) is 11.1. The van der Waals surface area contributed by atoms with E-state index in [1.807, 2.05) is 6.07 Å². The summed E-state index contributed by atoms with van der Waals surface area (Å²) in [6, 6.07) is 16.1. The van der Waals surface area contributed by atoms with Crippen molar-refractivity contribution >= 4 is 43.5 Å². The summed E-state index contributed by atoms with van der Waals surface area (Å²) in [5, 5.41) is 12.8. The van der Waals surface area contributed by atoms with E-state index < -0.39 is 20.9 Å². The minimum atomic E-state index is -3.99. The fourth-order valence-electron chi connectivity index (χ4n) is 3.60. The Kier molecular flexibility index (Phi) is 5.56. The van der Waals surface area contributed by atoms with Gasteiger partial charge in [0.2, 0.25) is 5.96 Å². The monoisotopic (exact) mass is 465 g/mol. The van der Waals surface area contributed by atoms with Gasteiger partial charge in [0.25, 0.3) is 15.7 Å². The van der Waals surface area contributed by atoms with Gasteiger partial charge >= 0.3 is 0 Å². The summed E-state index contributed by atoms with van der Waals surface area (Å²) in [5.74, 6) is 0.0994. The number of nitro groups is 1. The highest BCUT2D eigenvalue weighted by Gasteiger charge is 2.16. The van der Waals surface area contributed by atoms with Crippen LogP contribution >= 0.6 is 0 Å². The van der Waals surface area contributed by atoms with Crippen molar-refractivity contribution in [1.29, 1.82) is 0 Å². The maximum Gasteiger partial charge on any atom is 0.285 e. The summed E-state index contributed by atoms with van der Waals surface area (Å²) in [6.07, 6.45) is 0.420. The molecule has 0 spiro atoms. The number of hydrogen-bond donors (Lipinski definition) is 2. The van der Waals surface area contributed by atoms with Crippen LogP contribution in [0.2, 0.25) is 0 Å². The lowest BCUT2D eigenvalue weighted by atomic mass is 9.96. The van der Waals surface area contributed by atoms with E-state index in [0.29, 0.717) is 23.2 Å². The lowest BCUT2D eigenvalue weighted by Gasteiger charge is -2.12. The molecule has 33 heavy (non-hydrogen) atoms. The molecule has 0 atom stereocenters. The number of sulfonamides is 1. The second-order valence-electron chi connectivity index (χ2n) is 7.24. The molecule has 0 aliphatic heterocycles. The molecule has 0 fully saturated rings. The number of nitrogens with two attached hydrogens (primary N) is 2. The van der Waals surface area contributed by atoms with E-state index in [2.05, 4.69) is 9.38 Å². The van der Waals surface area contributed by atoms with Crippen LogP contribution in [0, 0.1) is 10.1 Å². The van der Waals surface area contributed by atoms with Gasteiger partial charge in [-0.25, -0.2) is 4.98 Å². The molecule has 0 aliphatic rings. The van der Waals surface area contributed by atoms with Crippen molar-refractivity contribution in [2.45, 2.75) is 11.3 Å². The van der Waals surface area contributed by atoms with E-state index >= 15 is 0 Å². The van der Waals surface area contributed by atoms with Gasteiger partial charge in [-0.05, 0) is 53.9 Å². The summed E-state index contributed by atoms with van der Waals surface area (Å²) in [4.78, 5) is 15.3. The predicted octanol–water partition coefficient (Wildman–Crippen LogP) is 2.86. The Bertz CT molecular complexity index is 1530. The highest BCUT2D eigenvalue weighted by Crippen LogP contribution is 2.32. The summed E-state index contributed by atoms with van der Waals surface area (Å²) >= 11 is 0. The molecule has 11 heteroatoms. The minimum Gasteiger partial charge on any atom is -0.497 e. The summed E-state index contributed by atoms with van der Waals surface area (Å²) in [7, 11) is -2.43. The van der Waals surface area contributed by atoms with Crippen LogP contribution in [0.15, 0.2) is 70.0 Å². The first kappa shape index (κ1) is 22.0. The molecule has 0 radical (unpaired) electrons. The largest absolute Gasteiger partial charge is 0.497 e. The summed E-state index contributed by atoms with van der Waals surface area (Å²) in [6.45, 7) is 0. The van der Waals surface area contributed by atoms with Crippen molar-refractivity contribution in [3.63, 3.8) is 0 Å². The number of fused-ring (bicyclic) bond motifs is 2. The first-order chi connectivity index (χ1) is 15.7. The zero-order valence-electron chi connectivity index (χ0n) is 17.4. The first-order valence-electron chi connectivity index (χ1n) is 9.67. The van der Waals surface area contributed by atoms with Gasteiger partial charge in [-0.2, -0.15) is 8.42 Å². The third-order valence-corrected chi connectivity index (χ3v) is 6.43. The zero-order valence-corrected chi connectivity index (χ0v) is 18.2. The number of nitrogens with zero attached hydrogens (tertiary/aromatic N) is 3. The maximum absolute atomic E-state index is 12.2. The Hall–Kier alpha value is -4.25. The van der Waals surface area contributed by atoms with E-state index in [-0.39, 0.29) is 10.6 Å². The van der Waals surface area contributed by atoms with Crippen LogP contribution in [-0.2, 0) is 16.4 Å². The van der Waals surface area contributed by atoms with Crippen molar-refractivity contribution in [2.75, 3.05) is 7.11 Å². The Balaban J connectivity index is 1.86. The Labute approximate surface area is 188 Å². The van der Waals surface area contributed by atoms with E-state index in [4.69, 9.17) is 16.2 Å². The summed E-state index contributed by atoms with van der Waals surface area (Å²) in [5.41, 5.74) is 13.2. The molecule has 168 valence electrons. The van der Waals surface area contributed by atoms with Crippen LogP contribution in [0.3, 0.4) is 0 Å². The van der Waals surface area contributed by atoms with Gasteiger partial charge in [0.1, 0.15) is 5.75 Å². The number of ether oxygens (including phenoxy) is 1. The molecule has 4 aromatic rings. The highest BCUT2D eigenvalue weighted by molar-refractivity contribution is 7.90. The predicted molar refractivity (Wildman–Crippen MR) is 125 cm³/mol. The molecule has 0 bridgehead atoms. The molecule has 4 rings (SSSR count). The molecule has 0 saturated carbocycles. The molecule has 10 nitrogen and oxygen atoms in total. The van der Waals surface area contributed by atoms with Crippen LogP contribution < -0.4 is 16.2 Å². The molecule has 0 saturated heterocycles. The fraction of sp³-hybridized carbons (Fsp3) is 0.0909. The van der Waals surface area contributed by atoms with Crippen molar-refractivity contribution in [3.8, 4) is 5.75 Å². The fourth-order valence-corrected chi connectivity index (χ4v) is 4.47. The number of hydrogen-bond acceptors (Lipinski definition) is 6. The smallest absolute Gasteiger partial charge is 0.285 e. The van der Waals surface area contributed by atoms with Crippen molar-refractivity contribution in [1.82, 2.24) is 4.98 Å². The van der Waals surface area contributed by atoms with Crippen LogP contribution in [0.1, 0.15) is 11.1 Å². The van der Waals surface area contributed by atoms with Gasteiger partial charge in [-0.3, -0.25) is 10.1 Å². The van der Waals surface area contributed by atoms with Gasteiger partial charge < -0.3 is 16.2 Å². The third kappa shape index (κ3) is 4.39. The maximum atomic E-state index is 12.2. The van der Waals surface area contributed by atoms with Crippen LogP contribution in [-0.4, -0.2) is 31.4 Å². The molecular weight excluding hydrogens is 446 g/mol. The van der Waals surface area contributed by atoms with Gasteiger partial charge in [0.15, 0.2) is 0 Å². The van der Waals surface area contributed by atoms with Crippen molar-refractivity contribution < 1.29 is 18.1 Å². The number of benzene rings is 3. The Morgan fingerprint density at radius 2 is 1.76 bits per heavy atom. The molecular formula is C22H19N5O5S. The van der Waals surface area contributed by atoms with Gasteiger partial charge in [0.05, 0.1) is 28.0 Å². The third-order valence-electron chi connectivity index (χ3n) is 5.11. The number of guanidine groups is 1. The van der Waals surface area contributed by atoms with Crippen LogP contribution in [0.25, 0.3) is 21.8 Å². The number of non-ortho nitro benzene ring substituents is 1. The van der Waals surface area contributed by atoms with Gasteiger partial charge in [0, 0.05) is 22.9 Å². The van der Waals surface area contributed by atoms with Gasteiger partial charge in [-0.15, -0.1) is 4.40 Å². The quantitative estimate of drug-likeness (QED) is 0.144. The molecule has 4 N–H and O–H groups in total. The normalized spacial score (nSPS) is 11.4. The second-order valence-corrected chi connectivity index (χ2v) is 8.85. The number of pyridine rings is 1. The number of aromatic nitrogens is 1. The van der Waals surface area contributed by atoms with Crippen LogP contribution in [0.5, 0.6) is 5.75 Å². The standard InChI is InChI=1S/C22H19N5O5S/c1-32-15-5-9-20-19(12-15)18(17-8-4-14(27(28)29)11-21(17)25-20)10-13-2-6-16(7-3-13)33(30,31)26-22(23)24/h2-9,11-12H,10H2,1H3,(H4,23,24,26). The highest BCUT2D eigenvalue weighted by atomic mass is 32.2. The Morgan fingerprint density at radius 1 is 1.03 bits per heavy atom.